The van der Waals surface area contributed by atoms with Crippen LogP contribution in [0.2, 0.25) is 5.02 Å². The van der Waals surface area contributed by atoms with Gasteiger partial charge in [0.2, 0.25) is 0 Å². The lowest BCUT2D eigenvalue weighted by Crippen LogP contribution is -2.29. The zero-order chi connectivity index (χ0) is 14.5. The molecule has 0 saturated carbocycles. The van der Waals surface area contributed by atoms with Crippen LogP contribution in [0, 0.1) is 6.92 Å². The third-order valence-electron chi connectivity index (χ3n) is 2.91. The molecule has 20 heavy (non-hydrogen) atoms. The van der Waals surface area contributed by atoms with Gasteiger partial charge in [0.05, 0.1) is 0 Å². The number of aliphatic carboxylic acids is 1. The second kappa shape index (κ2) is 6.44. The first-order valence-electron chi connectivity index (χ1n) is 6.26. The number of carboxylic acid groups (broad SMARTS) is 1. The molecule has 0 heterocycles. The molecule has 2 aromatic carbocycles. The minimum Gasteiger partial charge on any atom is -0.478 e. The molecule has 104 valence electrons. The van der Waals surface area contributed by atoms with Gasteiger partial charge in [-0.05, 0) is 36.2 Å². The Kier molecular flexibility index (Phi) is 4.64. The maximum Gasteiger partial charge on any atom is 0.345 e. The number of aryl methyl sites for hydroxylation is 1. The van der Waals surface area contributed by atoms with Crippen molar-refractivity contribution < 1.29 is 14.6 Å². The van der Waals surface area contributed by atoms with E-state index in [1.54, 1.807) is 18.2 Å². The molecule has 0 bridgehead atoms. The Bertz CT molecular complexity index is 610. The van der Waals surface area contributed by atoms with Crippen LogP contribution in [0.5, 0.6) is 5.75 Å². The summed E-state index contributed by atoms with van der Waals surface area (Å²) in [5, 5.41) is 9.84. The molecule has 1 atom stereocenters. The normalized spacial score (nSPS) is 11.9. The van der Waals surface area contributed by atoms with E-state index in [-0.39, 0.29) is 6.42 Å². The van der Waals surface area contributed by atoms with Crippen LogP contribution in [0.25, 0.3) is 0 Å². The molecule has 0 fully saturated rings. The SMILES string of the molecule is Cc1cccc(OC(Cc2ccccc2Cl)C(=O)O)c1. The van der Waals surface area contributed by atoms with E-state index in [0.29, 0.717) is 10.8 Å². The van der Waals surface area contributed by atoms with Crippen molar-refractivity contribution in [3.8, 4) is 5.75 Å². The van der Waals surface area contributed by atoms with Crippen LogP contribution in [-0.4, -0.2) is 17.2 Å². The van der Waals surface area contributed by atoms with E-state index in [2.05, 4.69) is 0 Å². The highest BCUT2D eigenvalue weighted by Gasteiger charge is 2.21. The van der Waals surface area contributed by atoms with Crippen molar-refractivity contribution in [1.29, 1.82) is 0 Å². The Labute approximate surface area is 122 Å². The van der Waals surface area contributed by atoms with Crippen molar-refractivity contribution in [2.45, 2.75) is 19.4 Å². The summed E-state index contributed by atoms with van der Waals surface area (Å²) in [7, 11) is 0. The molecule has 1 N–H and O–H groups in total. The molecule has 4 heteroatoms. The summed E-state index contributed by atoms with van der Waals surface area (Å²) >= 11 is 6.05. The molecule has 0 radical (unpaired) electrons. The fourth-order valence-corrected chi connectivity index (χ4v) is 2.11. The lowest BCUT2D eigenvalue weighted by Gasteiger charge is -2.16. The molecule has 1 unspecified atom stereocenters. The molecule has 3 nitrogen and oxygen atoms in total. The van der Waals surface area contributed by atoms with Gasteiger partial charge in [-0.25, -0.2) is 4.79 Å². The summed E-state index contributed by atoms with van der Waals surface area (Å²) in [6.45, 7) is 1.93. The Balaban J connectivity index is 2.16. The van der Waals surface area contributed by atoms with E-state index < -0.39 is 12.1 Å². The van der Waals surface area contributed by atoms with Gasteiger partial charge in [-0.1, -0.05) is 41.9 Å². The topological polar surface area (TPSA) is 46.5 Å². The molecule has 0 spiro atoms. The first kappa shape index (κ1) is 14.4. The molecular formula is C16H15ClO3. The van der Waals surface area contributed by atoms with Crippen molar-refractivity contribution in [3.05, 3.63) is 64.7 Å². The average Bonchev–Trinajstić information content (AvgIpc) is 2.40. The first-order valence-corrected chi connectivity index (χ1v) is 6.63. The minimum absolute atomic E-state index is 0.225. The van der Waals surface area contributed by atoms with Crippen molar-refractivity contribution in [1.82, 2.24) is 0 Å². The standard InChI is InChI=1S/C16H15ClO3/c1-11-5-4-7-13(9-11)20-15(16(18)19)10-12-6-2-3-8-14(12)17/h2-9,15H,10H2,1H3,(H,18,19). The molecule has 0 amide bonds. The van der Waals surface area contributed by atoms with E-state index in [4.69, 9.17) is 16.3 Å². The Morgan fingerprint density at radius 2 is 2.00 bits per heavy atom. The van der Waals surface area contributed by atoms with Gasteiger partial charge < -0.3 is 9.84 Å². The average molecular weight is 291 g/mol. The lowest BCUT2D eigenvalue weighted by molar-refractivity contribution is -0.145. The minimum atomic E-state index is -1.01. The quantitative estimate of drug-likeness (QED) is 0.913. The van der Waals surface area contributed by atoms with Crippen molar-refractivity contribution in [2.24, 2.45) is 0 Å². The number of carboxylic acids is 1. The van der Waals surface area contributed by atoms with E-state index in [9.17, 15) is 9.90 Å². The molecular weight excluding hydrogens is 276 g/mol. The van der Waals surface area contributed by atoms with Gasteiger partial charge in [0.15, 0.2) is 6.10 Å². The van der Waals surface area contributed by atoms with Gasteiger partial charge in [0.25, 0.3) is 0 Å². The van der Waals surface area contributed by atoms with Crippen LogP contribution in [0.15, 0.2) is 48.5 Å². The van der Waals surface area contributed by atoms with Gasteiger partial charge in [-0.2, -0.15) is 0 Å². The van der Waals surface area contributed by atoms with Crippen LogP contribution in [0.3, 0.4) is 0 Å². The number of ether oxygens (including phenoxy) is 1. The predicted octanol–water partition coefficient (Wildman–Crippen LogP) is 3.72. The first-order chi connectivity index (χ1) is 9.56. The highest BCUT2D eigenvalue weighted by Crippen LogP contribution is 2.20. The van der Waals surface area contributed by atoms with Crippen LogP contribution in [-0.2, 0) is 11.2 Å². The lowest BCUT2D eigenvalue weighted by atomic mass is 10.1. The number of rotatable bonds is 5. The fraction of sp³-hybridized carbons (Fsp3) is 0.188. The second-order valence-corrected chi connectivity index (χ2v) is 4.96. The van der Waals surface area contributed by atoms with Gasteiger partial charge >= 0.3 is 5.97 Å². The Morgan fingerprint density at radius 3 is 2.65 bits per heavy atom. The van der Waals surface area contributed by atoms with Crippen molar-refractivity contribution >= 4 is 17.6 Å². The molecule has 0 aliphatic carbocycles. The second-order valence-electron chi connectivity index (χ2n) is 4.56. The summed E-state index contributed by atoms with van der Waals surface area (Å²) in [5.74, 6) is -0.462. The summed E-state index contributed by atoms with van der Waals surface area (Å²) < 4.78 is 5.56. The number of hydrogen-bond acceptors (Lipinski definition) is 2. The molecule has 2 aromatic rings. The van der Waals surface area contributed by atoms with E-state index in [1.165, 1.54) is 0 Å². The number of benzene rings is 2. The summed E-state index contributed by atoms with van der Waals surface area (Å²) in [4.78, 5) is 11.3. The summed E-state index contributed by atoms with van der Waals surface area (Å²) in [6.07, 6.45) is -0.736. The van der Waals surface area contributed by atoms with Gasteiger partial charge in [0, 0.05) is 11.4 Å². The monoisotopic (exact) mass is 290 g/mol. The predicted molar refractivity (Wildman–Crippen MR) is 78.4 cm³/mol. The highest BCUT2D eigenvalue weighted by atomic mass is 35.5. The third kappa shape index (κ3) is 3.75. The van der Waals surface area contributed by atoms with Gasteiger partial charge in [0.1, 0.15) is 5.75 Å². The van der Waals surface area contributed by atoms with Crippen LogP contribution >= 0.6 is 11.6 Å². The van der Waals surface area contributed by atoms with Crippen LogP contribution in [0.1, 0.15) is 11.1 Å². The number of hydrogen-bond donors (Lipinski definition) is 1. The molecule has 2 rings (SSSR count). The number of carbonyl (C=O) groups is 1. The third-order valence-corrected chi connectivity index (χ3v) is 3.28. The van der Waals surface area contributed by atoms with Crippen LogP contribution < -0.4 is 4.74 Å². The zero-order valence-electron chi connectivity index (χ0n) is 11.0. The Hall–Kier alpha value is -2.00. The van der Waals surface area contributed by atoms with Crippen molar-refractivity contribution in [2.75, 3.05) is 0 Å². The fourth-order valence-electron chi connectivity index (χ4n) is 1.90. The maximum absolute atomic E-state index is 11.3. The molecule has 0 aliphatic rings. The van der Waals surface area contributed by atoms with E-state index in [1.807, 2.05) is 37.3 Å². The number of halogens is 1. The highest BCUT2D eigenvalue weighted by molar-refractivity contribution is 6.31. The summed E-state index contributed by atoms with van der Waals surface area (Å²) in [5.41, 5.74) is 1.78. The van der Waals surface area contributed by atoms with Crippen molar-refractivity contribution in [3.63, 3.8) is 0 Å². The van der Waals surface area contributed by atoms with E-state index in [0.717, 1.165) is 11.1 Å². The summed E-state index contributed by atoms with van der Waals surface area (Å²) in [6, 6.07) is 14.5. The van der Waals surface area contributed by atoms with Gasteiger partial charge in [-0.15, -0.1) is 0 Å². The smallest absolute Gasteiger partial charge is 0.345 e. The van der Waals surface area contributed by atoms with Gasteiger partial charge in [-0.3, -0.25) is 0 Å². The van der Waals surface area contributed by atoms with E-state index >= 15 is 0 Å². The zero-order valence-corrected chi connectivity index (χ0v) is 11.8. The Morgan fingerprint density at radius 1 is 1.25 bits per heavy atom. The largest absolute Gasteiger partial charge is 0.478 e. The molecule has 0 saturated heterocycles. The maximum atomic E-state index is 11.3. The molecule has 0 aromatic heterocycles. The molecule has 0 aliphatic heterocycles. The van der Waals surface area contributed by atoms with Crippen LogP contribution in [0.4, 0.5) is 0 Å².